The van der Waals surface area contributed by atoms with E-state index in [1.54, 1.807) is 24.3 Å². The van der Waals surface area contributed by atoms with E-state index in [1.165, 1.54) is 0 Å². The van der Waals surface area contributed by atoms with Crippen molar-refractivity contribution >= 4 is 41.9 Å². The van der Waals surface area contributed by atoms with Crippen molar-refractivity contribution in [2.24, 2.45) is 5.92 Å². The quantitative estimate of drug-likeness (QED) is 0.745. The van der Waals surface area contributed by atoms with Gasteiger partial charge in [-0.05, 0) is 30.5 Å². The second kappa shape index (κ2) is 7.03. The SMILES string of the molecule is CC(C)C(CCBr)NS(=O)(=O)c1cccc(Br)c1. The van der Waals surface area contributed by atoms with Gasteiger partial charge in [0, 0.05) is 15.8 Å². The van der Waals surface area contributed by atoms with Crippen molar-refractivity contribution in [3.63, 3.8) is 0 Å². The van der Waals surface area contributed by atoms with Gasteiger partial charge in [-0.1, -0.05) is 51.8 Å². The number of rotatable bonds is 6. The predicted molar refractivity (Wildman–Crippen MR) is 81.5 cm³/mol. The van der Waals surface area contributed by atoms with Crippen molar-refractivity contribution in [3.8, 4) is 0 Å². The Morgan fingerprint density at radius 3 is 2.50 bits per heavy atom. The van der Waals surface area contributed by atoms with Gasteiger partial charge in [0.15, 0.2) is 0 Å². The molecular formula is C12H17Br2NO2S. The molecule has 0 aliphatic heterocycles. The fourth-order valence-electron chi connectivity index (χ4n) is 1.55. The highest BCUT2D eigenvalue weighted by atomic mass is 79.9. The van der Waals surface area contributed by atoms with Gasteiger partial charge < -0.3 is 0 Å². The van der Waals surface area contributed by atoms with Gasteiger partial charge >= 0.3 is 0 Å². The number of benzene rings is 1. The molecule has 1 atom stereocenters. The molecule has 18 heavy (non-hydrogen) atoms. The summed E-state index contributed by atoms with van der Waals surface area (Å²) in [7, 11) is -3.45. The molecule has 0 aliphatic carbocycles. The molecule has 1 N–H and O–H groups in total. The molecule has 0 spiro atoms. The van der Waals surface area contributed by atoms with Gasteiger partial charge in [-0.3, -0.25) is 0 Å². The molecule has 0 radical (unpaired) electrons. The lowest BCUT2D eigenvalue weighted by Crippen LogP contribution is -2.38. The molecule has 6 heteroatoms. The molecule has 0 heterocycles. The summed E-state index contributed by atoms with van der Waals surface area (Å²) in [6.45, 7) is 4.02. The summed E-state index contributed by atoms with van der Waals surface area (Å²) in [5.74, 6) is 0.254. The summed E-state index contributed by atoms with van der Waals surface area (Å²) in [5, 5.41) is 0.775. The third-order valence-electron chi connectivity index (χ3n) is 2.64. The van der Waals surface area contributed by atoms with Crippen LogP contribution < -0.4 is 4.72 Å². The lowest BCUT2D eigenvalue weighted by molar-refractivity contribution is 0.440. The molecular weight excluding hydrogens is 382 g/mol. The molecule has 0 aromatic heterocycles. The van der Waals surface area contributed by atoms with E-state index in [4.69, 9.17) is 0 Å². The number of alkyl halides is 1. The Morgan fingerprint density at radius 1 is 1.33 bits per heavy atom. The topological polar surface area (TPSA) is 46.2 Å². The Morgan fingerprint density at radius 2 is 2.00 bits per heavy atom. The van der Waals surface area contributed by atoms with E-state index in [0.29, 0.717) is 0 Å². The van der Waals surface area contributed by atoms with Crippen molar-refractivity contribution in [2.75, 3.05) is 5.33 Å². The average Bonchev–Trinajstić information content (AvgIpc) is 2.28. The average molecular weight is 399 g/mol. The molecule has 0 bridgehead atoms. The maximum atomic E-state index is 12.2. The van der Waals surface area contributed by atoms with E-state index in [0.717, 1.165) is 16.2 Å². The molecule has 0 saturated heterocycles. The van der Waals surface area contributed by atoms with Gasteiger partial charge in [0.2, 0.25) is 10.0 Å². The van der Waals surface area contributed by atoms with Gasteiger partial charge in [0.1, 0.15) is 0 Å². The number of hydrogen-bond donors (Lipinski definition) is 1. The lowest BCUT2D eigenvalue weighted by atomic mass is 10.0. The van der Waals surface area contributed by atoms with Crippen LogP contribution in [0.15, 0.2) is 33.6 Å². The van der Waals surface area contributed by atoms with Crippen LogP contribution >= 0.6 is 31.9 Å². The smallest absolute Gasteiger partial charge is 0.208 e. The normalized spacial score (nSPS) is 13.8. The zero-order valence-electron chi connectivity index (χ0n) is 10.4. The molecule has 0 aliphatic rings. The summed E-state index contributed by atoms with van der Waals surface area (Å²) >= 11 is 6.63. The minimum Gasteiger partial charge on any atom is -0.208 e. The molecule has 0 fully saturated rings. The Bertz CT molecular complexity index is 489. The van der Waals surface area contributed by atoms with Crippen LogP contribution in [0.1, 0.15) is 20.3 Å². The second-order valence-corrected chi connectivity index (χ2v) is 7.83. The fourth-order valence-corrected chi connectivity index (χ4v) is 4.06. The summed E-state index contributed by atoms with van der Waals surface area (Å²) < 4.78 is 28.0. The zero-order chi connectivity index (χ0) is 13.8. The van der Waals surface area contributed by atoms with Crippen molar-refractivity contribution in [1.82, 2.24) is 4.72 Å². The van der Waals surface area contributed by atoms with Crippen molar-refractivity contribution in [3.05, 3.63) is 28.7 Å². The van der Waals surface area contributed by atoms with Crippen LogP contribution in [0.2, 0.25) is 0 Å². The van der Waals surface area contributed by atoms with E-state index in [-0.39, 0.29) is 16.9 Å². The van der Waals surface area contributed by atoms with Gasteiger partial charge in [-0.2, -0.15) is 0 Å². The minimum atomic E-state index is -3.45. The molecule has 0 saturated carbocycles. The van der Waals surface area contributed by atoms with Crippen LogP contribution in [0.25, 0.3) is 0 Å². The van der Waals surface area contributed by atoms with Crippen LogP contribution in [0.3, 0.4) is 0 Å². The lowest BCUT2D eigenvalue weighted by Gasteiger charge is -2.21. The highest BCUT2D eigenvalue weighted by Crippen LogP contribution is 2.18. The summed E-state index contributed by atoms with van der Waals surface area (Å²) in [6.07, 6.45) is 0.769. The van der Waals surface area contributed by atoms with Gasteiger partial charge in [-0.25, -0.2) is 13.1 Å². The molecule has 0 amide bonds. The molecule has 1 rings (SSSR count). The Labute approximate surface area is 126 Å². The number of hydrogen-bond acceptors (Lipinski definition) is 2. The van der Waals surface area contributed by atoms with Gasteiger partial charge in [-0.15, -0.1) is 0 Å². The Kier molecular flexibility index (Phi) is 6.30. The minimum absolute atomic E-state index is 0.0617. The first-order valence-corrected chi connectivity index (χ1v) is 9.10. The number of sulfonamides is 1. The van der Waals surface area contributed by atoms with Gasteiger partial charge in [0.25, 0.3) is 0 Å². The van der Waals surface area contributed by atoms with E-state index in [9.17, 15) is 8.42 Å². The maximum absolute atomic E-state index is 12.2. The van der Waals surface area contributed by atoms with Gasteiger partial charge in [0.05, 0.1) is 4.90 Å². The Hall–Kier alpha value is 0.0900. The first-order valence-electron chi connectivity index (χ1n) is 5.70. The van der Waals surface area contributed by atoms with Crippen molar-refractivity contribution < 1.29 is 8.42 Å². The zero-order valence-corrected chi connectivity index (χ0v) is 14.3. The standard InChI is InChI=1S/C12H17Br2NO2S/c1-9(2)12(6-7-13)15-18(16,17)11-5-3-4-10(14)8-11/h3-5,8-9,12,15H,6-7H2,1-2H3. The first-order chi connectivity index (χ1) is 8.36. The van der Waals surface area contributed by atoms with E-state index in [2.05, 4.69) is 36.6 Å². The third-order valence-corrected chi connectivity index (χ3v) is 5.08. The Balaban J connectivity index is 2.93. The predicted octanol–water partition coefficient (Wildman–Crippen LogP) is 3.54. The fraction of sp³-hybridized carbons (Fsp3) is 0.500. The third kappa shape index (κ3) is 4.64. The summed E-state index contributed by atoms with van der Waals surface area (Å²) in [6, 6.07) is 6.66. The van der Waals surface area contributed by atoms with Crippen LogP contribution in [-0.2, 0) is 10.0 Å². The molecule has 1 aromatic carbocycles. The maximum Gasteiger partial charge on any atom is 0.240 e. The number of nitrogens with one attached hydrogen (secondary N) is 1. The van der Waals surface area contributed by atoms with Crippen LogP contribution in [0.4, 0.5) is 0 Å². The molecule has 3 nitrogen and oxygen atoms in total. The van der Waals surface area contributed by atoms with Crippen LogP contribution in [0, 0.1) is 5.92 Å². The highest BCUT2D eigenvalue weighted by Gasteiger charge is 2.21. The van der Waals surface area contributed by atoms with Crippen LogP contribution in [-0.4, -0.2) is 19.8 Å². The monoisotopic (exact) mass is 397 g/mol. The van der Waals surface area contributed by atoms with E-state index in [1.807, 2.05) is 13.8 Å². The molecule has 1 aromatic rings. The van der Waals surface area contributed by atoms with E-state index < -0.39 is 10.0 Å². The largest absolute Gasteiger partial charge is 0.240 e. The second-order valence-electron chi connectivity index (χ2n) is 4.41. The first kappa shape index (κ1) is 16.1. The summed E-state index contributed by atoms with van der Waals surface area (Å²) in [5.41, 5.74) is 0. The van der Waals surface area contributed by atoms with Crippen molar-refractivity contribution in [1.29, 1.82) is 0 Å². The van der Waals surface area contributed by atoms with Crippen molar-refractivity contribution in [2.45, 2.75) is 31.2 Å². The number of halogens is 2. The molecule has 102 valence electrons. The molecule has 1 unspecified atom stereocenters. The van der Waals surface area contributed by atoms with Crippen LogP contribution in [0.5, 0.6) is 0 Å². The highest BCUT2D eigenvalue weighted by molar-refractivity contribution is 9.10. The van der Waals surface area contributed by atoms with E-state index >= 15 is 0 Å². The summed E-state index contributed by atoms with van der Waals surface area (Å²) in [4.78, 5) is 0.289.